The molecule has 2 aromatic rings. The number of halogens is 1. The van der Waals surface area contributed by atoms with Crippen LogP contribution in [0.15, 0.2) is 41.0 Å². The summed E-state index contributed by atoms with van der Waals surface area (Å²) in [5.41, 5.74) is 1.13. The molecule has 1 aromatic heterocycles. The van der Waals surface area contributed by atoms with Gasteiger partial charge >= 0.3 is 0 Å². The molecule has 0 saturated carbocycles. The van der Waals surface area contributed by atoms with Gasteiger partial charge in [-0.1, -0.05) is 37.3 Å². The van der Waals surface area contributed by atoms with E-state index < -0.39 is 0 Å². The summed E-state index contributed by atoms with van der Waals surface area (Å²) >= 11 is 3.37. The van der Waals surface area contributed by atoms with E-state index in [0.717, 1.165) is 22.4 Å². The summed E-state index contributed by atoms with van der Waals surface area (Å²) in [7, 11) is 0. The Labute approximate surface area is 115 Å². The Morgan fingerprint density at radius 1 is 1.22 bits per heavy atom. The number of aromatic nitrogens is 2. The fraction of sp³-hybridized carbons (Fsp3) is 0.286. The van der Waals surface area contributed by atoms with Gasteiger partial charge in [0.1, 0.15) is 16.5 Å². The van der Waals surface area contributed by atoms with Crippen molar-refractivity contribution >= 4 is 15.9 Å². The van der Waals surface area contributed by atoms with Crippen molar-refractivity contribution in [3.63, 3.8) is 0 Å². The standard InChI is InChI=1S/C14H15BrN2O/c1-3-13-16-12(15)9-14(17-13)18-10(2)11-7-5-4-6-8-11/h4-10H,3H2,1-2H3. The predicted molar refractivity (Wildman–Crippen MR) is 74.6 cm³/mol. The molecule has 0 radical (unpaired) electrons. The largest absolute Gasteiger partial charge is 0.470 e. The van der Waals surface area contributed by atoms with E-state index >= 15 is 0 Å². The van der Waals surface area contributed by atoms with Crippen molar-refractivity contribution in [2.75, 3.05) is 0 Å². The minimum absolute atomic E-state index is 0.0299. The molecule has 0 spiro atoms. The lowest BCUT2D eigenvalue weighted by Gasteiger charge is -2.14. The van der Waals surface area contributed by atoms with Gasteiger partial charge < -0.3 is 4.74 Å². The van der Waals surface area contributed by atoms with E-state index in [2.05, 4.69) is 25.9 Å². The normalized spacial score (nSPS) is 12.2. The van der Waals surface area contributed by atoms with Crippen LogP contribution in [0, 0.1) is 0 Å². The fourth-order valence-corrected chi connectivity index (χ4v) is 2.03. The lowest BCUT2D eigenvalue weighted by Crippen LogP contribution is -2.06. The zero-order valence-electron chi connectivity index (χ0n) is 10.4. The summed E-state index contributed by atoms with van der Waals surface area (Å²) in [5.74, 6) is 1.38. The van der Waals surface area contributed by atoms with Gasteiger partial charge in [-0.3, -0.25) is 0 Å². The second-order valence-corrected chi connectivity index (χ2v) is 4.78. The Bertz CT molecular complexity index is 516. The van der Waals surface area contributed by atoms with Crippen molar-refractivity contribution in [1.82, 2.24) is 9.97 Å². The van der Waals surface area contributed by atoms with E-state index in [1.807, 2.05) is 44.2 Å². The maximum absolute atomic E-state index is 5.84. The van der Waals surface area contributed by atoms with Gasteiger partial charge in [-0.2, -0.15) is 4.98 Å². The molecule has 0 aliphatic heterocycles. The average molecular weight is 307 g/mol. The first-order chi connectivity index (χ1) is 8.69. The molecule has 0 N–H and O–H groups in total. The van der Waals surface area contributed by atoms with E-state index in [-0.39, 0.29) is 6.10 Å². The van der Waals surface area contributed by atoms with E-state index in [0.29, 0.717) is 5.88 Å². The Kier molecular flexibility index (Phi) is 4.31. The number of benzene rings is 1. The third-order valence-electron chi connectivity index (χ3n) is 2.60. The highest BCUT2D eigenvalue weighted by molar-refractivity contribution is 9.10. The molecule has 4 heteroatoms. The summed E-state index contributed by atoms with van der Waals surface area (Å²) in [6, 6.07) is 11.9. The number of hydrogen-bond donors (Lipinski definition) is 0. The molecule has 2 rings (SSSR count). The summed E-state index contributed by atoms with van der Waals surface area (Å²) in [6.07, 6.45) is 0.757. The molecule has 1 aromatic carbocycles. The van der Waals surface area contributed by atoms with Gasteiger partial charge in [0.2, 0.25) is 5.88 Å². The highest BCUT2D eigenvalue weighted by atomic mass is 79.9. The third kappa shape index (κ3) is 3.29. The van der Waals surface area contributed by atoms with Crippen LogP contribution >= 0.6 is 15.9 Å². The van der Waals surface area contributed by atoms with Gasteiger partial charge in [0, 0.05) is 12.5 Å². The second kappa shape index (κ2) is 5.96. The molecule has 0 bridgehead atoms. The van der Waals surface area contributed by atoms with Crippen molar-refractivity contribution in [2.24, 2.45) is 0 Å². The summed E-state index contributed by atoms with van der Waals surface area (Å²) in [6.45, 7) is 4.03. The first-order valence-corrected chi connectivity index (χ1v) is 6.73. The Morgan fingerprint density at radius 2 is 1.94 bits per heavy atom. The monoisotopic (exact) mass is 306 g/mol. The topological polar surface area (TPSA) is 35.0 Å². The van der Waals surface area contributed by atoms with Crippen LogP contribution < -0.4 is 4.74 Å². The molecule has 0 fully saturated rings. The number of ether oxygens (including phenoxy) is 1. The van der Waals surface area contributed by atoms with Crippen molar-refractivity contribution in [1.29, 1.82) is 0 Å². The highest BCUT2D eigenvalue weighted by Crippen LogP contribution is 2.22. The van der Waals surface area contributed by atoms with Crippen molar-refractivity contribution in [3.05, 3.63) is 52.4 Å². The summed E-state index contributed by atoms with van der Waals surface area (Å²) in [5, 5.41) is 0. The zero-order valence-corrected chi connectivity index (χ0v) is 12.0. The van der Waals surface area contributed by atoms with Gasteiger partial charge in [-0.15, -0.1) is 0 Å². The molecule has 3 nitrogen and oxygen atoms in total. The molecule has 1 atom stereocenters. The molecule has 0 aliphatic rings. The number of aryl methyl sites for hydroxylation is 1. The molecule has 0 saturated heterocycles. The van der Waals surface area contributed by atoms with Crippen LogP contribution in [0.2, 0.25) is 0 Å². The molecular weight excluding hydrogens is 292 g/mol. The maximum atomic E-state index is 5.84. The Balaban J connectivity index is 2.16. The highest BCUT2D eigenvalue weighted by Gasteiger charge is 2.09. The van der Waals surface area contributed by atoms with Crippen LogP contribution in [0.4, 0.5) is 0 Å². The van der Waals surface area contributed by atoms with Gasteiger partial charge in [0.25, 0.3) is 0 Å². The number of rotatable bonds is 4. The predicted octanol–water partition coefficient (Wildman–Crippen LogP) is 3.94. The molecule has 1 heterocycles. The van der Waals surface area contributed by atoms with E-state index in [4.69, 9.17) is 4.74 Å². The zero-order chi connectivity index (χ0) is 13.0. The SMILES string of the molecule is CCc1nc(Br)cc(OC(C)c2ccccc2)n1. The van der Waals surface area contributed by atoms with Crippen LogP contribution in [0.1, 0.15) is 31.3 Å². The Morgan fingerprint density at radius 3 is 2.61 bits per heavy atom. The minimum Gasteiger partial charge on any atom is -0.470 e. The van der Waals surface area contributed by atoms with Gasteiger partial charge in [-0.25, -0.2) is 4.98 Å². The summed E-state index contributed by atoms with van der Waals surface area (Å²) in [4.78, 5) is 8.61. The molecule has 94 valence electrons. The maximum Gasteiger partial charge on any atom is 0.218 e. The van der Waals surface area contributed by atoms with Crippen LogP contribution in [-0.2, 0) is 6.42 Å². The summed E-state index contributed by atoms with van der Waals surface area (Å²) < 4.78 is 6.60. The lowest BCUT2D eigenvalue weighted by atomic mass is 10.1. The quantitative estimate of drug-likeness (QED) is 0.803. The number of nitrogens with zero attached hydrogens (tertiary/aromatic N) is 2. The number of hydrogen-bond acceptors (Lipinski definition) is 3. The Hall–Kier alpha value is -1.42. The van der Waals surface area contributed by atoms with E-state index in [9.17, 15) is 0 Å². The van der Waals surface area contributed by atoms with Crippen molar-refractivity contribution in [3.8, 4) is 5.88 Å². The lowest BCUT2D eigenvalue weighted by molar-refractivity contribution is 0.216. The first-order valence-electron chi connectivity index (χ1n) is 5.94. The van der Waals surface area contributed by atoms with Gasteiger partial charge in [0.15, 0.2) is 0 Å². The molecular formula is C14H15BrN2O. The molecule has 18 heavy (non-hydrogen) atoms. The third-order valence-corrected chi connectivity index (χ3v) is 3.01. The molecule has 0 aliphatic carbocycles. The van der Waals surface area contributed by atoms with Crippen LogP contribution in [0.3, 0.4) is 0 Å². The first kappa shape index (κ1) is 13.0. The smallest absolute Gasteiger partial charge is 0.218 e. The van der Waals surface area contributed by atoms with E-state index in [1.54, 1.807) is 6.07 Å². The minimum atomic E-state index is -0.0299. The van der Waals surface area contributed by atoms with Crippen LogP contribution in [0.25, 0.3) is 0 Å². The van der Waals surface area contributed by atoms with E-state index in [1.165, 1.54) is 0 Å². The van der Waals surface area contributed by atoms with Gasteiger partial charge in [0.05, 0.1) is 0 Å². The van der Waals surface area contributed by atoms with Crippen molar-refractivity contribution in [2.45, 2.75) is 26.4 Å². The van der Waals surface area contributed by atoms with Crippen molar-refractivity contribution < 1.29 is 4.74 Å². The fourth-order valence-electron chi connectivity index (χ4n) is 1.63. The van der Waals surface area contributed by atoms with Crippen LogP contribution in [-0.4, -0.2) is 9.97 Å². The van der Waals surface area contributed by atoms with Gasteiger partial charge in [-0.05, 0) is 28.4 Å². The average Bonchev–Trinajstić information content (AvgIpc) is 2.39. The molecule has 0 amide bonds. The molecule has 1 unspecified atom stereocenters. The second-order valence-electron chi connectivity index (χ2n) is 3.97. The van der Waals surface area contributed by atoms with Crippen LogP contribution in [0.5, 0.6) is 5.88 Å².